The molecule has 0 unspecified atom stereocenters. The molecule has 0 bridgehead atoms. The molecule has 3 rings (SSSR count). The van der Waals surface area contributed by atoms with E-state index < -0.39 is 0 Å². The van der Waals surface area contributed by atoms with Crippen molar-refractivity contribution >= 4 is 40.0 Å². The molecule has 2 aromatic carbocycles. The molecule has 0 aliphatic rings. The van der Waals surface area contributed by atoms with E-state index >= 15 is 0 Å². The number of thioether (sulfide) groups is 1. The highest BCUT2D eigenvalue weighted by atomic mass is 35.5. The summed E-state index contributed by atoms with van der Waals surface area (Å²) in [5.41, 5.74) is 9.78. The minimum Gasteiger partial charge on any atom is -0.399 e. The number of nitrogens with zero attached hydrogens (tertiary/aromatic N) is 1. The number of halogens is 1. The maximum absolute atomic E-state index is 6.22. The highest BCUT2D eigenvalue weighted by molar-refractivity contribution is 7.98. The molecule has 0 aliphatic carbocycles. The summed E-state index contributed by atoms with van der Waals surface area (Å²) >= 11 is 7.98. The minimum absolute atomic E-state index is 0.757. The van der Waals surface area contributed by atoms with Gasteiger partial charge in [-0.1, -0.05) is 29.8 Å². The van der Waals surface area contributed by atoms with Crippen molar-refractivity contribution in [1.82, 2.24) is 4.98 Å². The van der Waals surface area contributed by atoms with E-state index in [0.717, 1.165) is 38.6 Å². The summed E-state index contributed by atoms with van der Waals surface area (Å²) in [6.07, 6.45) is 0. The Hall–Kier alpha value is -1.71. The Kier molecular flexibility index (Phi) is 4.04. The van der Waals surface area contributed by atoms with Gasteiger partial charge in [0.15, 0.2) is 0 Å². The highest BCUT2D eigenvalue weighted by Gasteiger charge is 2.07. The lowest BCUT2D eigenvalue weighted by molar-refractivity contribution is 1.22. The van der Waals surface area contributed by atoms with Gasteiger partial charge in [-0.3, -0.25) is 4.98 Å². The van der Waals surface area contributed by atoms with Gasteiger partial charge >= 0.3 is 0 Å². The topological polar surface area (TPSA) is 38.9 Å². The molecule has 4 heteroatoms. The summed E-state index contributed by atoms with van der Waals surface area (Å²) in [4.78, 5) is 5.74. The van der Waals surface area contributed by atoms with Crippen molar-refractivity contribution in [3.63, 3.8) is 0 Å². The lowest BCUT2D eigenvalue weighted by Gasteiger charge is -2.09. The Morgan fingerprint density at radius 3 is 2.76 bits per heavy atom. The number of benzene rings is 2. The van der Waals surface area contributed by atoms with Gasteiger partial charge < -0.3 is 5.73 Å². The first-order valence-corrected chi connectivity index (χ1v) is 8.03. The van der Waals surface area contributed by atoms with Crippen LogP contribution in [-0.2, 0) is 5.75 Å². The fraction of sp³-hybridized carbons (Fsp3) is 0.118. The number of pyridine rings is 1. The van der Waals surface area contributed by atoms with Gasteiger partial charge in [0.05, 0.1) is 5.52 Å². The normalized spacial score (nSPS) is 11.0. The zero-order chi connectivity index (χ0) is 14.8. The van der Waals surface area contributed by atoms with Crippen molar-refractivity contribution < 1.29 is 0 Å². The summed E-state index contributed by atoms with van der Waals surface area (Å²) < 4.78 is 0. The number of hydrogen-bond acceptors (Lipinski definition) is 3. The standard InChI is InChI=1S/C17H15ClN2S/c1-11-8-17(14-9-13(19)6-7-16(14)20-11)21-10-12-4-2-3-5-15(12)18/h2-9H,10,19H2,1H3. The van der Waals surface area contributed by atoms with Crippen LogP contribution in [-0.4, -0.2) is 4.98 Å². The molecule has 2 nitrogen and oxygen atoms in total. The maximum Gasteiger partial charge on any atom is 0.0717 e. The van der Waals surface area contributed by atoms with Crippen molar-refractivity contribution in [1.29, 1.82) is 0 Å². The van der Waals surface area contributed by atoms with Crippen LogP contribution in [0.15, 0.2) is 53.4 Å². The van der Waals surface area contributed by atoms with Gasteiger partial charge in [0, 0.05) is 32.4 Å². The van der Waals surface area contributed by atoms with Gasteiger partial charge in [-0.05, 0) is 42.8 Å². The van der Waals surface area contributed by atoms with Crippen molar-refractivity contribution in [3.8, 4) is 0 Å². The van der Waals surface area contributed by atoms with E-state index in [4.69, 9.17) is 17.3 Å². The van der Waals surface area contributed by atoms with Crippen LogP contribution >= 0.6 is 23.4 Å². The minimum atomic E-state index is 0.757. The average molecular weight is 315 g/mol. The fourth-order valence-electron chi connectivity index (χ4n) is 2.23. The van der Waals surface area contributed by atoms with E-state index in [1.807, 2.05) is 43.3 Å². The van der Waals surface area contributed by atoms with Gasteiger partial charge in [0.25, 0.3) is 0 Å². The predicted molar refractivity (Wildman–Crippen MR) is 91.9 cm³/mol. The first-order valence-electron chi connectivity index (χ1n) is 6.66. The van der Waals surface area contributed by atoms with Crippen LogP contribution < -0.4 is 5.73 Å². The highest BCUT2D eigenvalue weighted by Crippen LogP contribution is 2.32. The summed E-state index contributed by atoms with van der Waals surface area (Å²) in [7, 11) is 0. The summed E-state index contributed by atoms with van der Waals surface area (Å²) in [6, 6.07) is 15.9. The van der Waals surface area contributed by atoms with Crippen LogP contribution in [0.5, 0.6) is 0 Å². The number of aryl methyl sites for hydroxylation is 1. The predicted octanol–water partition coefficient (Wildman–Crippen LogP) is 5.07. The summed E-state index contributed by atoms with van der Waals surface area (Å²) in [6.45, 7) is 2.01. The second kappa shape index (κ2) is 5.96. The van der Waals surface area contributed by atoms with Crippen molar-refractivity contribution in [2.75, 3.05) is 5.73 Å². The molecule has 2 N–H and O–H groups in total. The smallest absolute Gasteiger partial charge is 0.0717 e. The van der Waals surface area contributed by atoms with E-state index in [0.29, 0.717) is 0 Å². The van der Waals surface area contributed by atoms with Crippen LogP contribution in [0, 0.1) is 6.92 Å². The molecule has 21 heavy (non-hydrogen) atoms. The molecule has 0 fully saturated rings. The van der Waals surface area contributed by atoms with Crippen molar-refractivity contribution in [3.05, 3.63) is 64.8 Å². The van der Waals surface area contributed by atoms with Crippen LogP contribution in [0.3, 0.4) is 0 Å². The Labute approximate surface area is 133 Å². The zero-order valence-electron chi connectivity index (χ0n) is 11.6. The maximum atomic E-state index is 6.22. The molecule has 106 valence electrons. The van der Waals surface area contributed by atoms with Crippen molar-refractivity contribution in [2.45, 2.75) is 17.6 Å². The van der Waals surface area contributed by atoms with E-state index in [2.05, 4.69) is 17.1 Å². The zero-order valence-corrected chi connectivity index (χ0v) is 13.2. The molecule has 0 radical (unpaired) electrons. The molecule has 0 amide bonds. The van der Waals surface area contributed by atoms with Gasteiger partial charge in [0.1, 0.15) is 0 Å². The van der Waals surface area contributed by atoms with Gasteiger partial charge in [0.2, 0.25) is 0 Å². The second-order valence-corrected chi connectivity index (χ2v) is 6.34. The fourth-order valence-corrected chi connectivity index (χ4v) is 3.65. The molecule has 0 saturated carbocycles. The SMILES string of the molecule is Cc1cc(SCc2ccccc2Cl)c2cc(N)ccc2n1. The molecule has 3 aromatic rings. The van der Waals surface area contributed by atoms with Crippen LogP contribution in [0.4, 0.5) is 5.69 Å². The van der Waals surface area contributed by atoms with E-state index in [-0.39, 0.29) is 0 Å². The third-order valence-corrected chi connectivity index (χ3v) is 4.74. The van der Waals surface area contributed by atoms with Crippen LogP contribution in [0.1, 0.15) is 11.3 Å². The molecule has 1 aromatic heterocycles. The monoisotopic (exact) mass is 314 g/mol. The second-order valence-electron chi connectivity index (χ2n) is 4.92. The molecular weight excluding hydrogens is 300 g/mol. The Morgan fingerprint density at radius 1 is 1.14 bits per heavy atom. The number of fused-ring (bicyclic) bond motifs is 1. The first kappa shape index (κ1) is 14.2. The number of nitrogen functional groups attached to an aromatic ring is 1. The van der Waals surface area contributed by atoms with E-state index in [1.54, 1.807) is 11.8 Å². The van der Waals surface area contributed by atoms with Crippen LogP contribution in [0.2, 0.25) is 5.02 Å². The lowest BCUT2D eigenvalue weighted by Crippen LogP contribution is -1.91. The van der Waals surface area contributed by atoms with Crippen molar-refractivity contribution in [2.24, 2.45) is 0 Å². The summed E-state index contributed by atoms with van der Waals surface area (Å²) in [5.74, 6) is 0.826. The quantitative estimate of drug-likeness (QED) is 0.542. The molecular formula is C17H15ClN2S. The van der Waals surface area contributed by atoms with Crippen LogP contribution in [0.25, 0.3) is 10.9 Å². The van der Waals surface area contributed by atoms with Gasteiger partial charge in [-0.15, -0.1) is 11.8 Å². The Bertz CT molecular complexity index is 802. The summed E-state index contributed by atoms with van der Waals surface area (Å²) in [5, 5.41) is 1.90. The Morgan fingerprint density at radius 2 is 1.95 bits per heavy atom. The molecule has 0 saturated heterocycles. The lowest BCUT2D eigenvalue weighted by atomic mass is 10.2. The van der Waals surface area contributed by atoms with E-state index in [1.165, 1.54) is 4.90 Å². The molecule has 0 atom stereocenters. The number of aromatic nitrogens is 1. The van der Waals surface area contributed by atoms with Gasteiger partial charge in [-0.2, -0.15) is 0 Å². The molecule has 1 heterocycles. The first-order chi connectivity index (χ1) is 10.1. The van der Waals surface area contributed by atoms with Gasteiger partial charge in [-0.25, -0.2) is 0 Å². The largest absolute Gasteiger partial charge is 0.399 e. The number of anilines is 1. The third kappa shape index (κ3) is 3.14. The van der Waals surface area contributed by atoms with E-state index in [9.17, 15) is 0 Å². The molecule has 0 aliphatic heterocycles. The molecule has 0 spiro atoms. The Balaban J connectivity index is 1.96. The number of hydrogen-bond donors (Lipinski definition) is 1. The third-order valence-electron chi connectivity index (χ3n) is 3.26. The average Bonchev–Trinajstić information content (AvgIpc) is 2.47. The number of nitrogens with two attached hydrogens (primary N) is 1. The number of rotatable bonds is 3.